The lowest BCUT2D eigenvalue weighted by Gasteiger charge is -2.11. The maximum absolute atomic E-state index is 12.6. The van der Waals surface area contributed by atoms with Crippen molar-refractivity contribution < 1.29 is 9.72 Å². The van der Waals surface area contributed by atoms with Gasteiger partial charge in [0, 0.05) is 18.0 Å². The van der Waals surface area contributed by atoms with Crippen molar-refractivity contribution in [2.45, 2.75) is 13.8 Å². The first-order valence-corrected chi connectivity index (χ1v) is 9.15. The van der Waals surface area contributed by atoms with E-state index in [1.54, 1.807) is 29.2 Å². The fourth-order valence-electron chi connectivity index (χ4n) is 2.26. The maximum Gasteiger partial charge on any atom is 0.276 e. The van der Waals surface area contributed by atoms with Crippen LogP contribution in [0.15, 0.2) is 39.5 Å². The molecule has 7 nitrogen and oxygen atoms in total. The van der Waals surface area contributed by atoms with Crippen LogP contribution in [0.2, 0.25) is 0 Å². The number of nitrogens with zero attached hydrogens (tertiary/aromatic N) is 4. The molecule has 1 saturated heterocycles. The Hall–Kier alpha value is -2.52. The summed E-state index contributed by atoms with van der Waals surface area (Å²) in [5, 5.41) is 14.2. The predicted octanol–water partition coefficient (Wildman–Crippen LogP) is 3.98. The van der Waals surface area contributed by atoms with Gasteiger partial charge in [0.15, 0.2) is 5.17 Å². The molecule has 2 aromatic rings. The van der Waals surface area contributed by atoms with Gasteiger partial charge in [-0.05, 0) is 37.8 Å². The summed E-state index contributed by atoms with van der Waals surface area (Å²) in [5.74, 6) is -0.210. The first-order valence-electron chi connectivity index (χ1n) is 7.45. The van der Waals surface area contributed by atoms with Crippen molar-refractivity contribution in [2.24, 2.45) is 4.99 Å². The molecular formula is C16H14N4O3S2. The number of thiazole rings is 1. The third-order valence-corrected chi connectivity index (χ3v) is 5.28. The van der Waals surface area contributed by atoms with Gasteiger partial charge < -0.3 is 0 Å². The number of thioether (sulfide) groups is 1. The molecule has 0 atom stereocenters. The van der Waals surface area contributed by atoms with E-state index in [9.17, 15) is 14.9 Å². The number of para-hydroxylation sites is 1. The van der Waals surface area contributed by atoms with Crippen LogP contribution >= 0.6 is 23.1 Å². The van der Waals surface area contributed by atoms with E-state index in [-0.39, 0.29) is 11.6 Å². The molecule has 3 rings (SSSR count). The van der Waals surface area contributed by atoms with Gasteiger partial charge in [0.05, 0.1) is 21.1 Å². The van der Waals surface area contributed by atoms with E-state index >= 15 is 0 Å². The number of aliphatic imine (C=N–C) groups is 1. The van der Waals surface area contributed by atoms with Crippen LogP contribution in [-0.4, -0.2) is 32.4 Å². The van der Waals surface area contributed by atoms with E-state index < -0.39 is 4.92 Å². The van der Waals surface area contributed by atoms with Crippen LogP contribution in [0.4, 0.5) is 10.8 Å². The summed E-state index contributed by atoms with van der Waals surface area (Å²) in [7, 11) is 0. The molecule has 1 aromatic heterocycles. The summed E-state index contributed by atoms with van der Waals surface area (Å²) in [6, 6.07) is 6.34. The van der Waals surface area contributed by atoms with Crippen molar-refractivity contribution in [1.29, 1.82) is 0 Å². The van der Waals surface area contributed by atoms with Gasteiger partial charge in [0.2, 0.25) is 5.13 Å². The second-order valence-corrected chi connectivity index (χ2v) is 6.99. The normalized spacial score (nSPS) is 17.7. The third kappa shape index (κ3) is 3.62. The number of amidine groups is 1. The molecule has 0 spiro atoms. The van der Waals surface area contributed by atoms with Crippen molar-refractivity contribution in [3.05, 3.63) is 55.9 Å². The van der Waals surface area contributed by atoms with Gasteiger partial charge in [-0.15, -0.1) is 11.3 Å². The quantitative estimate of drug-likeness (QED) is 0.459. The number of nitro benzene ring substituents is 1. The highest BCUT2D eigenvalue weighted by atomic mass is 32.2. The number of rotatable bonds is 4. The Balaban J connectivity index is 1.98. The summed E-state index contributed by atoms with van der Waals surface area (Å²) in [6.45, 7) is 4.20. The zero-order valence-corrected chi connectivity index (χ0v) is 15.1. The number of benzene rings is 1. The molecule has 1 aliphatic rings. The Morgan fingerprint density at radius 3 is 2.80 bits per heavy atom. The summed E-state index contributed by atoms with van der Waals surface area (Å²) in [4.78, 5) is 34.0. The number of aryl methyl sites for hydroxylation is 1. The van der Waals surface area contributed by atoms with Gasteiger partial charge in [0.25, 0.3) is 11.6 Å². The number of amides is 1. The SMILES string of the molecule is CCN1C(=O)/C(=C/c2ccccc2[N+](=O)[O-])S/C1=N/c1nc(C)cs1. The first kappa shape index (κ1) is 17.3. The molecule has 1 aromatic carbocycles. The third-order valence-electron chi connectivity index (χ3n) is 3.42. The molecule has 1 aliphatic heterocycles. The van der Waals surface area contributed by atoms with E-state index in [2.05, 4.69) is 9.98 Å². The van der Waals surface area contributed by atoms with Gasteiger partial charge in [-0.25, -0.2) is 4.98 Å². The predicted molar refractivity (Wildman–Crippen MR) is 100.0 cm³/mol. The summed E-state index contributed by atoms with van der Waals surface area (Å²) >= 11 is 2.61. The Kier molecular flexibility index (Phi) is 4.95. The average molecular weight is 374 g/mol. The van der Waals surface area contributed by atoms with Gasteiger partial charge in [-0.2, -0.15) is 4.99 Å². The minimum atomic E-state index is -0.457. The van der Waals surface area contributed by atoms with E-state index in [0.717, 1.165) is 5.69 Å². The number of nitro groups is 1. The zero-order valence-electron chi connectivity index (χ0n) is 13.5. The monoisotopic (exact) mass is 374 g/mol. The Morgan fingerprint density at radius 1 is 1.40 bits per heavy atom. The molecule has 1 fully saturated rings. The highest BCUT2D eigenvalue weighted by molar-refractivity contribution is 8.18. The molecule has 0 aliphatic carbocycles. The minimum absolute atomic E-state index is 0.0348. The first-order chi connectivity index (χ1) is 12.0. The molecule has 2 heterocycles. The van der Waals surface area contributed by atoms with Crippen molar-refractivity contribution in [3.8, 4) is 0 Å². The maximum atomic E-state index is 12.6. The second kappa shape index (κ2) is 7.16. The number of carbonyl (C=O) groups is 1. The molecule has 9 heteroatoms. The highest BCUT2D eigenvalue weighted by Crippen LogP contribution is 2.35. The molecular weight excluding hydrogens is 360 g/mol. The van der Waals surface area contributed by atoms with E-state index in [4.69, 9.17) is 0 Å². The highest BCUT2D eigenvalue weighted by Gasteiger charge is 2.33. The van der Waals surface area contributed by atoms with Crippen molar-refractivity contribution >= 4 is 51.1 Å². The van der Waals surface area contributed by atoms with Crippen molar-refractivity contribution in [2.75, 3.05) is 6.54 Å². The Labute approximate surface area is 152 Å². The number of carbonyl (C=O) groups excluding carboxylic acids is 1. The molecule has 0 N–H and O–H groups in total. The smallest absolute Gasteiger partial charge is 0.276 e. The summed E-state index contributed by atoms with van der Waals surface area (Å²) in [5.41, 5.74) is 1.23. The molecule has 0 bridgehead atoms. The van der Waals surface area contributed by atoms with Crippen LogP contribution in [-0.2, 0) is 4.79 Å². The molecule has 0 unspecified atom stereocenters. The summed E-state index contributed by atoms with van der Waals surface area (Å²) < 4.78 is 0. The number of aromatic nitrogens is 1. The lowest BCUT2D eigenvalue weighted by molar-refractivity contribution is -0.385. The zero-order chi connectivity index (χ0) is 18.0. The van der Waals surface area contributed by atoms with Crippen LogP contribution in [0.25, 0.3) is 6.08 Å². The van der Waals surface area contributed by atoms with Crippen LogP contribution in [0.3, 0.4) is 0 Å². The van der Waals surface area contributed by atoms with E-state index in [1.165, 1.54) is 29.2 Å². The van der Waals surface area contributed by atoms with Crippen molar-refractivity contribution in [1.82, 2.24) is 9.88 Å². The van der Waals surface area contributed by atoms with Gasteiger partial charge in [-0.1, -0.05) is 12.1 Å². The molecule has 25 heavy (non-hydrogen) atoms. The number of hydrogen-bond acceptors (Lipinski definition) is 7. The van der Waals surface area contributed by atoms with Crippen LogP contribution in [0, 0.1) is 17.0 Å². The van der Waals surface area contributed by atoms with Gasteiger partial charge >= 0.3 is 0 Å². The van der Waals surface area contributed by atoms with Gasteiger partial charge in [-0.3, -0.25) is 19.8 Å². The second-order valence-electron chi connectivity index (χ2n) is 5.14. The lowest BCUT2D eigenvalue weighted by atomic mass is 10.1. The Bertz CT molecular complexity index is 904. The minimum Gasteiger partial charge on any atom is -0.287 e. The van der Waals surface area contributed by atoms with Crippen LogP contribution in [0.1, 0.15) is 18.2 Å². The van der Waals surface area contributed by atoms with Crippen LogP contribution in [0.5, 0.6) is 0 Å². The molecule has 0 radical (unpaired) electrons. The van der Waals surface area contributed by atoms with E-state index in [0.29, 0.717) is 27.3 Å². The van der Waals surface area contributed by atoms with Crippen molar-refractivity contribution in [3.63, 3.8) is 0 Å². The Morgan fingerprint density at radius 2 is 2.16 bits per heavy atom. The molecule has 0 saturated carbocycles. The lowest BCUT2D eigenvalue weighted by Crippen LogP contribution is -2.28. The fraction of sp³-hybridized carbons (Fsp3) is 0.188. The molecule has 1 amide bonds. The van der Waals surface area contributed by atoms with Crippen LogP contribution < -0.4 is 0 Å². The summed E-state index contributed by atoms with van der Waals surface area (Å²) in [6.07, 6.45) is 1.55. The standard InChI is InChI=1S/C16H14N4O3S2/c1-3-19-14(21)13(8-11-6-4-5-7-12(11)20(22)23)25-16(19)18-15-17-10(2)9-24-15/h4-9H,3H2,1-2H3/b13-8-,18-16+. The largest absolute Gasteiger partial charge is 0.287 e. The van der Waals surface area contributed by atoms with E-state index in [1.807, 2.05) is 19.2 Å². The van der Waals surface area contributed by atoms with Gasteiger partial charge in [0.1, 0.15) is 0 Å². The topological polar surface area (TPSA) is 88.7 Å². The fourth-order valence-corrected chi connectivity index (χ4v) is 4.02. The number of hydrogen-bond donors (Lipinski definition) is 0. The molecule has 128 valence electrons. The average Bonchev–Trinajstić information content (AvgIpc) is 3.11. The number of likely N-dealkylation sites (N-methyl/N-ethyl adjacent to an activating group) is 1.